The van der Waals surface area contributed by atoms with E-state index < -0.39 is 0 Å². The smallest absolute Gasteiger partial charge is 0.192 e. The van der Waals surface area contributed by atoms with Crippen LogP contribution in [0.15, 0.2) is 22.6 Å². The summed E-state index contributed by atoms with van der Waals surface area (Å²) in [6.45, 7) is 1.75. The third-order valence-electron chi connectivity index (χ3n) is 1.50. The van der Waals surface area contributed by atoms with Crippen LogP contribution in [0.1, 0.15) is 5.89 Å². The van der Waals surface area contributed by atoms with Crippen molar-refractivity contribution in [2.45, 2.75) is 6.92 Å². The van der Waals surface area contributed by atoms with Gasteiger partial charge in [0, 0.05) is 6.92 Å². The van der Waals surface area contributed by atoms with Crippen LogP contribution >= 0.6 is 0 Å². The highest BCUT2D eigenvalue weighted by Gasteiger charge is 2.04. The molecule has 0 atom stereocenters. The summed E-state index contributed by atoms with van der Waals surface area (Å²) in [6.07, 6.45) is 0. The fourth-order valence-electron chi connectivity index (χ4n) is 1.04. The molecule has 0 aliphatic carbocycles. The number of benzene rings is 1. The zero-order valence-electron chi connectivity index (χ0n) is 6.03. The van der Waals surface area contributed by atoms with Crippen LogP contribution < -0.4 is 0 Å². The van der Waals surface area contributed by atoms with Crippen molar-refractivity contribution in [3.05, 3.63) is 24.1 Å². The Balaban J connectivity index is 2.90. The Morgan fingerprint density at radius 3 is 3.00 bits per heavy atom. The normalized spacial score (nSPS) is 10.6. The second-order valence-electron chi connectivity index (χ2n) is 2.36. The van der Waals surface area contributed by atoms with Gasteiger partial charge in [0.2, 0.25) is 0 Å². The summed E-state index contributed by atoms with van der Waals surface area (Å²) < 4.78 is 5.18. The van der Waals surface area contributed by atoms with E-state index in [-0.39, 0.29) is 5.75 Å². The second-order valence-corrected chi connectivity index (χ2v) is 2.36. The molecule has 1 heterocycles. The summed E-state index contributed by atoms with van der Waals surface area (Å²) in [7, 11) is 0. The average Bonchev–Trinajstić information content (AvgIpc) is 2.31. The van der Waals surface area contributed by atoms with E-state index in [2.05, 4.69) is 4.98 Å². The molecule has 0 aliphatic rings. The fraction of sp³-hybridized carbons (Fsp3) is 0.125. The molecule has 0 aliphatic heterocycles. The maximum absolute atomic E-state index is 9.26. The van der Waals surface area contributed by atoms with Crippen LogP contribution in [0.5, 0.6) is 5.75 Å². The van der Waals surface area contributed by atoms with E-state index in [0.29, 0.717) is 17.0 Å². The summed E-state index contributed by atoms with van der Waals surface area (Å²) in [5.74, 6) is 0.737. The zero-order valence-corrected chi connectivity index (χ0v) is 6.03. The molecule has 0 saturated carbocycles. The molecule has 1 aromatic carbocycles. The number of rotatable bonds is 0. The van der Waals surface area contributed by atoms with E-state index in [1.165, 1.54) is 0 Å². The topological polar surface area (TPSA) is 46.3 Å². The number of oxazole rings is 1. The highest BCUT2D eigenvalue weighted by atomic mass is 16.3. The molecule has 0 radical (unpaired) electrons. The molecular formula is C8H7NO2. The van der Waals surface area contributed by atoms with Crippen LogP contribution in [-0.4, -0.2) is 10.1 Å². The predicted octanol–water partition coefficient (Wildman–Crippen LogP) is 1.84. The quantitative estimate of drug-likeness (QED) is 0.621. The first-order chi connectivity index (χ1) is 5.27. The van der Waals surface area contributed by atoms with Crippen LogP contribution in [0.3, 0.4) is 0 Å². The second kappa shape index (κ2) is 1.99. The Kier molecular flexibility index (Phi) is 1.12. The van der Waals surface area contributed by atoms with Crippen LogP contribution in [-0.2, 0) is 0 Å². The maximum Gasteiger partial charge on any atom is 0.192 e. The molecular weight excluding hydrogens is 142 g/mol. The van der Waals surface area contributed by atoms with Gasteiger partial charge in [-0.15, -0.1) is 0 Å². The molecule has 0 fully saturated rings. The first-order valence-electron chi connectivity index (χ1n) is 3.32. The van der Waals surface area contributed by atoms with Crippen LogP contribution in [0.2, 0.25) is 0 Å². The molecule has 0 unspecified atom stereocenters. The number of aromatic nitrogens is 1. The third-order valence-corrected chi connectivity index (χ3v) is 1.50. The monoisotopic (exact) mass is 149 g/mol. The number of phenolic OH excluding ortho intramolecular Hbond substituents is 1. The summed E-state index contributed by atoms with van der Waals surface area (Å²) >= 11 is 0. The largest absolute Gasteiger partial charge is 0.506 e. The number of aryl methyl sites for hydroxylation is 1. The minimum Gasteiger partial charge on any atom is -0.506 e. The molecule has 1 aromatic heterocycles. The van der Waals surface area contributed by atoms with Gasteiger partial charge in [0.05, 0.1) is 0 Å². The molecule has 1 N–H and O–H groups in total. The van der Waals surface area contributed by atoms with Crippen LogP contribution in [0, 0.1) is 6.92 Å². The van der Waals surface area contributed by atoms with Gasteiger partial charge < -0.3 is 9.52 Å². The van der Waals surface area contributed by atoms with E-state index in [0.717, 1.165) is 0 Å². The van der Waals surface area contributed by atoms with Crippen molar-refractivity contribution >= 4 is 11.1 Å². The Labute approximate surface area is 63.3 Å². The van der Waals surface area contributed by atoms with Gasteiger partial charge in [0.25, 0.3) is 0 Å². The highest BCUT2D eigenvalue weighted by Crippen LogP contribution is 2.23. The van der Waals surface area contributed by atoms with Gasteiger partial charge in [-0.25, -0.2) is 4.98 Å². The Hall–Kier alpha value is -1.51. The Morgan fingerprint density at radius 2 is 2.27 bits per heavy atom. The van der Waals surface area contributed by atoms with E-state index in [4.69, 9.17) is 4.42 Å². The minimum absolute atomic E-state index is 0.166. The maximum atomic E-state index is 9.26. The molecule has 0 bridgehead atoms. The minimum atomic E-state index is 0.166. The van der Waals surface area contributed by atoms with E-state index in [1.807, 2.05) is 0 Å². The van der Waals surface area contributed by atoms with E-state index in [9.17, 15) is 5.11 Å². The van der Waals surface area contributed by atoms with E-state index in [1.54, 1.807) is 25.1 Å². The van der Waals surface area contributed by atoms with Crippen molar-refractivity contribution in [2.24, 2.45) is 0 Å². The lowest BCUT2D eigenvalue weighted by Crippen LogP contribution is -1.69. The van der Waals surface area contributed by atoms with Gasteiger partial charge in [-0.3, -0.25) is 0 Å². The average molecular weight is 149 g/mol. The Morgan fingerprint density at radius 1 is 1.45 bits per heavy atom. The van der Waals surface area contributed by atoms with Crippen molar-refractivity contribution in [2.75, 3.05) is 0 Å². The molecule has 2 rings (SSSR count). The molecule has 3 nitrogen and oxygen atoms in total. The number of fused-ring (bicyclic) bond motifs is 1. The lowest BCUT2D eigenvalue weighted by Gasteiger charge is -1.87. The lowest BCUT2D eigenvalue weighted by molar-refractivity contribution is 0.480. The van der Waals surface area contributed by atoms with Gasteiger partial charge in [-0.05, 0) is 12.1 Å². The van der Waals surface area contributed by atoms with Crippen LogP contribution in [0.25, 0.3) is 11.1 Å². The van der Waals surface area contributed by atoms with Crippen molar-refractivity contribution in [1.29, 1.82) is 0 Å². The van der Waals surface area contributed by atoms with Crippen molar-refractivity contribution in [3.63, 3.8) is 0 Å². The summed E-state index contributed by atoms with van der Waals surface area (Å²) in [5.41, 5.74) is 1.16. The number of phenols is 1. The van der Waals surface area contributed by atoms with Crippen molar-refractivity contribution < 1.29 is 9.52 Å². The first kappa shape index (κ1) is 6.22. The number of nitrogens with zero attached hydrogens (tertiary/aromatic N) is 1. The molecule has 0 spiro atoms. The Bertz CT molecular complexity index is 392. The molecule has 2 aromatic rings. The van der Waals surface area contributed by atoms with E-state index >= 15 is 0 Å². The highest BCUT2D eigenvalue weighted by molar-refractivity contribution is 5.79. The standard InChI is InChI=1S/C8H7NO2/c1-5-9-8-6(10)3-2-4-7(8)11-5/h2-4,10H,1H3. The SMILES string of the molecule is Cc1nc2c(O)cccc2o1. The lowest BCUT2D eigenvalue weighted by atomic mass is 10.3. The van der Waals surface area contributed by atoms with Gasteiger partial charge in [0.15, 0.2) is 17.0 Å². The number of aromatic hydroxyl groups is 1. The molecule has 11 heavy (non-hydrogen) atoms. The van der Waals surface area contributed by atoms with Crippen molar-refractivity contribution in [3.8, 4) is 5.75 Å². The number of hydrogen-bond acceptors (Lipinski definition) is 3. The van der Waals surface area contributed by atoms with Gasteiger partial charge in [-0.1, -0.05) is 6.07 Å². The molecule has 56 valence electrons. The first-order valence-corrected chi connectivity index (χ1v) is 3.32. The fourth-order valence-corrected chi connectivity index (χ4v) is 1.04. The summed E-state index contributed by atoms with van der Waals surface area (Å²) in [6, 6.07) is 5.08. The molecule has 0 amide bonds. The zero-order chi connectivity index (χ0) is 7.84. The number of para-hydroxylation sites is 1. The van der Waals surface area contributed by atoms with Crippen LogP contribution in [0.4, 0.5) is 0 Å². The van der Waals surface area contributed by atoms with Gasteiger partial charge in [-0.2, -0.15) is 0 Å². The molecule has 3 heteroatoms. The van der Waals surface area contributed by atoms with Gasteiger partial charge >= 0.3 is 0 Å². The molecule has 0 saturated heterocycles. The van der Waals surface area contributed by atoms with Crippen molar-refractivity contribution in [1.82, 2.24) is 4.98 Å². The van der Waals surface area contributed by atoms with Gasteiger partial charge in [0.1, 0.15) is 5.75 Å². The third kappa shape index (κ3) is 0.852. The summed E-state index contributed by atoms with van der Waals surface area (Å²) in [5, 5.41) is 9.26. The number of hydrogen-bond donors (Lipinski definition) is 1. The predicted molar refractivity (Wildman–Crippen MR) is 40.4 cm³/mol. The summed E-state index contributed by atoms with van der Waals surface area (Å²) in [4.78, 5) is 4.00.